The van der Waals surface area contributed by atoms with Crippen LogP contribution in [-0.4, -0.2) is 54.7 Å². The van der Waals surface area contributed by atoms with Crippen molar-refractivity contribution in [2.24, 2.45) is 0 Å². The molecule has 0 atom stereocenters. The molecule has 1 aliphatic rings. The number of nitrogens with one attached hydrogen (secondary N) is 3. The van der Waals surface area contributed by atoms with Crippen LogP contribution in [0.3, 0.4) is 0 Å². The fraction of sp³-hybridized carbons (Fsp3) is 0.143. The van der Waals surface area contributed by atoms with Gasteiger partial charge < -0.3 is 21.1 Å². The normalized spacial score (nSPS) is 11.2. The molecular formula is C49H46N4O7. The number of benzene rings is 6. The van der Waals surface area contributed by atoms with Crippen LogP contribution in [0.25, 0.3) is 0 Å². The minimum atomic E-state index is -1.12. The quantitative estimate of drug-likeness (QED) is 0.108. The van der Waals surface area contributed by atoms with Gasteiger partial charge in [0.2, 0.25) is 5.91 Å². The number of anilines is 2. The molecule has 0 aliphatic carbocycles. The highest BCUT2D eigenvalue weighted by molar-refractivity contribution is 6.34. The van der Waals surface area contributed by atoms with Crippen molar-refractivity contribution in [3.05, 3.63) is 201 Å². The number of amides is 5. The number of rotatable bonds is 9. The van der Waals surface area contributed by atoms with Gasteiger partial charge in [-0.3, -0.25) is 24.0 Å². The van der Waals surface area contributed by atoms with Gasteiger partial charge in [0.1, 0.15) is 0 Å². The third-order valence-electron chi connectivity index (χ3n) is 9.59. The fourth-order valence-electron chi connectivity index (χ4n) is 6.18. The minimum Gasteiger partial charge on any atom is -0.478 e. The van der Waals surface area contributed by atoms with Crippen LogP contribution in [0.1, 0.15) is 92.1 Å². The van der Waals surface area contributed by atoms with E-state index in [2.05, 4.69) is 78.3 Å². The molecule has 304 valence electrons. The lowest BCUT2D eigenvalue weighted by Crippen LogP contribution is -2.29. The molecule has 0 radical (unpaired) electrons. The average molecular weight is 803 g/mol. The van der Waals surface area contributed by atoms with Gasteiger partial charge in [0.25, 0.3) is 23.6 Å². The molecule has 6 aromatic rings. The number of carboxylic acids is 1. The maximum absolute atomic E-state index is 12.9. The average Bonchev–Trinajstić information content (AvgIpc) is 3.51. The summed E-state index contributed by atoms with van der Waals surface area (Å²) in [7, 11) is 3.12. The van der Waals surface area contributed by atoms with Gasteiger partial charge in [0, 0.05) is 32.3 Å². The van der Waals surface area contributed by atoms with Gasteiger partial charge in [0.15, 0.2) is 0 Å². The molecule has 6 aromatic carbocycles. The summed E-state index contributed by atoms with van der Waals surface area (Å²) in [5, 5.41) is 16.9. The van der Waals surface area contributed by atoms with E-state index in [4.69, 9.17) is 0 Å². The summed E-state index contributed by atoms with van der Waals surface area (Å²) in [4.78, 5) is 71.9. The van der Waals surface area contributed by atoms with E-state index >= 15 is 0 Å². The molecule has 0 bridgehead atoms. The maximum atomic E-state index is 12.9. The van der Waals surface area contributed by atoms with Crippen molar-refractivity contribution in [1.82, 2.24) is 10.6 Å². The summed E-state index contributed by atoms with van der Waals surface area (Å²) in [6.07, 6.45) is 1.59. The molecule has 0 fully saturated rings. The summed E-state index contributed by atoms with van der Waals surface area (Å²) in [6.45, 7) is 5.59. The molecule has 1 heterocycles. The monoisotopic (exact) mass is 802 g/mol. The first kappa shape index (κ1) is 43.5. The summed E-state index contributed by atoms with van der Waals surface area (Å²) < 4.78 is 0. The Balaban J connectivity index is 0.000000206. The number of hydrogen-bond acceptors (Lipinski definition) is 6. The van der Waals surface area contributed by atoms with E-state index in [1.54, 1.807) is 37.4 Å². The van der Waals surface area contributed by atoms with Crippen molar-refractivity contribution in [3.8, 4) is 0 Å². The number of aryl methyl sites for hydroxylation is 2. The van der Waals surface area contributed by atoms with Crippen LogP contribution >= 0.6 is 0 Å². The van der Waals surface area contributed by atoms with E-state index in [1.165, 1.54) is 60.5 Å². The Morgan fingerprint density at radius 3 is 1.47 bits per heavy atom. The molecule has 0 spiro atoms. The zero-order valence-corrected chi connectivity index (χ0v) is 34.0. The van der Waals surface area contributed by atoms with Crippen LogP contribution in [0.15, 0.2) is 140 Å². The van der Waals surface area contributed by atoms with Gasteiger partial charge in [-0.1, -0.05) is 96.1 Å². The third kappa shape index (κ3) is 11.3. The second-order valence-electron chi connectivity index (χ2n) is 14.1. The van der Waals surface area contributed by atoms with Gasteiger partial charge in [-0.05, 0) is 104 Å². The van der Waals surface area contributed by atoms with Crippen molar-refractivity contribution in [1.29, 1.82) is 0 Å². The van der Waals surface area contributed by atoms with E-state index in [9.17, 15) is 33.9 Å². The molecule has 0 saturated carbocycles. The lowest BCUT2D eigenvalue weighted by molar-refractivity contribution is -0.118. The molecule has 11 heteroatoms. The van der Waals surface area contributed by atoms with Crippen molar-refractivity contribution in [2.45, 2.75) is 33.6 Å². The van der Waals surface area contributed by atoms with Gasteiger partial charge >= 0.3 is 5.97 Å². The first-order valence-electron chi connectivity index (χ1n) is 19.1. The number of hydrogen-bond donors (Lipinski definition) is 4. The molecule has 60 heavy (non-hydrogen) atoms. The Hall–Kier alpha value is -7.66. The van der Waals surface area contributed by atoms with Crippen LogP contribution in [0.4, 0.5) is 11.4 Å². The lowest BCUT2D eigenvalue weighted by atomic mass is 10.0. The molecule has 0 saturated heterocycles. The Bertz CT molecular complexity index is 2510. The molecular weight excluding hydrogens is 757 g/mol. The van der Waals surface area contributed by atoms with Crippen LogP contribution in [0.5, 0.6) is 0 Å². The second kappa shape index (κ2) is 20.2. The first-order valence-corrected chi connectivity index (χ1v) is 19.1. The van der Waals surface area contributed by atoms with Crippen molar-refractivity contribution in [3.63, 3.8) is 0 Å². The Morgan fingerprint density at radius 1 is 0.550 bits per heavy atom. The van der Waals surface area contributed by atoms with Crippen LogP contribution in [0.2, 0.25) is 0 Å². The smallest absolute Gasteiger partial charge is 0.336 e. The zero-order chi connectivity index (χ0) is 43.3. The molecule has 0 aromatic heterocycles. The third-order valence-corrected chi connectivity index (χ3v) is 9.59. The SMILES string of the molecule is CNC(=O)c1ccc2c(c1)C(=O)N(c1ccc(Cc3ccc(C)cc3)cc1)C2=O.CNC(C)=O.Cc1ccc(Cc2ccc(NC(=O)c3ccccc3C(=O)O)cc2)cc1. The van der Waals surface area contributed by atoms with E-state index < -0.39 is 17.8 Å². The molecule has 1 aliphatic heterocycles. The molecule has 5 amide bonds. The molecule has 11 nitrogen and oxygen atoms in total. The summed E-state index contributed by atoms with van der Waals surface area (Å²) in [5.74, 6) is -2.64. The topological polar surface area (TPSA) is 162 Å². The Kier molecular flexibility index (Phi) is 14.6. The van der Waals surface area contributed by atoms with E-state index in [1.807, 2.05) is 36.4 Å². The zero-order valence-electron chi connectivity index (χ0n) is 34.0. The summed E-state index contributed by atoms with van der Waals surface area (Å²) in [6, 6.07) is 42.4. The molecule has 0 unspecified atom stereocenters. The molecule has 7 rings (SSSR count). The highest BCUT2D eigenvalue weighted by Gasteiger charge is 2.37. The number of carboxylic acid groups (broad SMARTS) is 1. The maximum Gasteiger partial charge on any atom is 0.336 e. The second-order valence-corrected chi connectivity index (χ2v) is 14.1. The van der Waals surface area contributed by atoms with E-state index in [0.29, 0.717) is 22.5 Å². The highest BCUT2D eigenvalue weighted by atomic mass is 16.4. The molecule has 4 N–H and O–H groups in total. The van der Waals surface area contributed by atoms with Crippen LogP contribution < -0.4 is 20.9 Å². The first-order chi connectivity index (χ1) is 28.8. The number of carbonyl (C=O) groups excluding carboxylic acids is 5. The minimum absolute atomic E-state index is 0.00463. The van der Waals surface area contributed by atoms with Crippen molar-refractivity contribution >= 4 is 46.9 Å². The van der Waals surface area contributed by atoms with Crippen LogP contribution in [0, 0.1) is 13.8 Å². The lowest BCUT2D eigenvalue weighted by Gasteiger charge is -2.14. The number of nitrogens with zero attached hydrogens (tertiary/aromatic N) is 1. The summed E-state index contributed by atoms with van der Waals surface area (Å²) >= 11 is 0. The van der Waals surface area contributed by atoms with Gasteiger partial charge in [-0.25, -0.2) is 9.69 Å². The van der Waals surface area contributed by atoms with Crippen molar-refractivity contribution in [2.75, 3.05) is 24.3 Å². The van der Waals surface area contributed by atoms with E-state index in [0.717, 1.165) is 28.9 Å². The number of fused-ring (bicyclic) bond motifs is 1. The van der Waals surface area contributed by atoms with E-state index in [-0.39, 0.29) is 34.4 Å². The fourth-order valence-corrected chi connectivity index (χ4v) is 6.18. The standard InChI is InChI=1S/C24H20N2O3.C22H19NO3.C3H7NO/c1-15-3-5-16(6-4-15)13-17-7-10-19(11-8-17)26-23(28)20-12-9-18(22(27)25-2)14-21(20)24(26)29;1-15-6-8-16(9-7-15)14-17-10-12-18(13-11-17)23-21(24)19-4-2-3-5-20(19)22(25)26;1-3(5)4-2/h3-12,14H,13H2,1-2H3,(H,25,27);2-13H,14H2,1H3,(H,23,24)(H,25,26);1-2H3,(H,4,5). The van der Waals surface area contributed by atoms with Gasteiger partial charge in [-0.15, -0.1) is 0 Å². The largest absolute Gasteiger partial charge is 0.478 e. The Morgan fingerprint density at radius 2 is 1.00 bits per heavy atom. The number of imide groups is 1. The predicted molar refractivity (Wildman–Crippen MR) is 233 cm³/mol. The van der Waals surface area contributed by atoms with Crippen LogP contribution in [-0.2, 0) is 17.6 Å². The van der Waals surface area contributed by atoms with Gasteiger partial charge in [-0.2, -0.15) is 0 Å². The Labute approximate surface area is 349 Å². The van der Waals surface area contributed by atoms with Gasteiger partial charge in [0.05, 0.1) is 27.9 Å². The summed E-state index contributed by atoms with van der Waals surface area (Å²) in [5.41, 5.74) is 9.29. The number of aromatic carboxylic acids is 1. The predicted octanol–water partition coefficient (Wildman–Crippen LogP) is 8.03. The number of carbonyl (C=O) groups is 6. The highest BCUT2D eigenvalue weighted by Crippen LogP contribution is 2.30. The van der Waals surface area contributed by atoms with Crippen molar-refractivity contribution < 1.29 is 33.9 Å².